The number of aromatic nitrogens is 1. The van der Waals surface area contributed by atoms with Gasteiger partial charge in [0.15, 0.2) is 16.6 Å². The maximum atomic E-state index is 13.4. The number of fused-ring (bicyclic) bond motifs is 1. The lowest BCUT2D eigenvalue weighted by molar-refractivity contribution is -0.114. The molecule has 0 saturated heterocycles. The van der Waals surface area contributed by atoms with E-state index in [1.165, 1.54) is 40.5 Å². The summed E-state index contributed by atoms with van der Waals surface area (Å²) in [7, 11) is 0. The molecule has 3 aromatic carbocycles. The summed E-state index contributed by atoms with van der Waals surface area (Å²) in [5.41, 5.74) is 8.57. The van der Waals surface area contributed by atoms with Crippen molar-refractivity contribution in [2.45, 2.75) is 0 Å². The van der Waals surface area contributed by atoms with Gasteiger partial charge in [-0.25, -0.2) is 9.37 Å². The van der Waals surface area contributed by atoms with E-state index in [9.17, 15) is 14.0 Å². The van der Waals surface area contributed by atoms with E-state index in [4.69, 9.17) is 15.2 Å². The highest BCUT2D eigenvalue weighted by Gasteiger charge is 2.23. The van der Waals surface area contributed by atoms with Crippen LogP contribution in [0.5, 0.6) is 11.5 Å². The molecule has 8 nitrogen and oxygen atoms in total. The Hall–Kier alpha value is -4.44. The lowest BCUT2D eigenvalue weighted by Gasteiger charge is -2.25. The molecule has 0 atom stereocenters. The molecule has 0 radical (unpaired) electrons. The van der Waals surface area contributed by atoms with Gasteiger partial charge in [-0.05, 0) is 48.5 Å². The first-order chi connectivity index (χ1) is 17.5. The zero-order valence-corrected chi connectivity index (χ0v) is 19.8. The van der Waals surface area contributed by atoms with Crippen molar-refractivity contribution in [1.82, 2.24) is 4.98 Å². The minimum atomic E-state index is -0.460. The fourth-order valence-corrected chi connectivity index (χ4v) is 4.29. The smallest absolute Gasteiger partial charge is 0.258 e. The van der Waals surface area contributed by atoms with Crippen molar-refractivity contribution in [2.75, 3.05) is 35.7 Å². The van der Waals surface area contributed by atoms with Gasteiger partial charge in [0.1, 0.15) is 25.6 Å². The fraction of sp³-hybridized carbons (Fsp3) is 0.115. The molecule has 0 fully saturated rings. The van der Waals surface area contributed by atoms with Gasteiger partial charge in [0, 0.05) is 33.9 Å². The number of hydrogen-bond acceptors (Lipinski definition) is 7. The largest absolute Gasteiger partial charge is 0.486 e. The van der Waals surface area contributed by atoms with Crippen LogP contribution in [0.25, 0.3) is 11.3 Å². The van der Waals surface area contributed by atoms with Crippen LogP contribution in [0, 0.1) is 5.82 Å². The number of benzene rings is 3. The number of anilines is 3. The second-order valence-electron chi connectivity index (χ2n) is 7.92. The van der Waals surface area contributed by atoms with E-state index < -0.39 is 17.6 Å². The van der Waals surface area contributed by atoms with Crippen molar-refractivity contribution >= 4 is 39.7 Å². The standard InChI is InChI=1S/C26H21FN4O4S/c27-18-5-1-17(2-6-18)25(33)31(20-9-10-22-23(13-20)35-12-11-34-22)14-24(32)29-19-7-3-16(4-8-19)21-15-36-26(28)30-21/h1-10,13,15H,11-12,14H2,(H2,28,30)(H,29,32). The summed E-state index contributed by atoms with van der Waals surface area (Å²) in [4.78, 5) is 31.9. The van der Waals surface area contributed by atoms with E-state index in [0.717, 1.165) is 11.3 Å². The molecule has 4 aromatic rings. The minimum Gasteiger partial charge on any atom is -0.486 e. The predicted molar refractivity (Wildman–Crippen MR) is 136 cm³/mol. The topological polar surface area (TPSA) is 107 Å². The molecule has 0 spiro atoms. The van der Waals surface area contributed by atoms with E-state index >= 15 is 0 Å². The third kappa shape index (κ3) is 5.13. The maximum absolute atomic E-state index is 13.4. The van der Waals surface area contributed by atoms with E-state index in [0.29, 0.717) is 41.2 Å². The second-order valence-corrected chi connectivity index (χ2v) is 8.81. The zero-order valence-electron chi connectivity index (χ0n) is 18.9. The number of nitrogens with two attached hydrogens (primary N) is 1. The summed E-state index contributed by atoms with van der Waals surface area (Å²) in [6.45, 7) is 0.536. The zero-order chi connectivity index (χ0) is 25.1. The van der Waals surface area contributed by atoms with Crippen molar-refractivity contribution in [1.29, 1.82) is 0 Å². The van der Waals surface area contributed by atoms with Crippen LogP contribution in [0.3, 0.4) is 0 Å². The third-order valence-electron chi connectivity index (χ3n) is 5.46. The fourth-order valence-electron chi connectivity index (χ4n) is 3.72. The Morgan fingerprint density at radius 2 is 1.72 bits per heavy atom. The average Bonchev–Trinajstić information content (AvgIpc) is 3.33. The SMILES string of the molecule is Nc1nc(-c2ccc(NC(=O)CN(C(=O)c3ccc(F)cc3)c3ccc4c(c3)OCCO4)cc2)cs1. The summed E-state index contributed by atoms with van der Waals surface area (Å²) in [6.07, 6.45) is 0. The number of thiazole rings is 1. The maximum Gasteiger partial charge on any atom is 0.258 e. The van der Waals surface area contributed by atoms with Crippen molar-refractivity contribution in [3.63, 3.8) is 0 Å². The molecule has 0 bridgehead atoms. The first kappa shape index (κ1) is 23.3. The molecule has 36 heavy (non-hydrogen) atoms. The van der Waals surface area contributed by atoms with Crippen molar-refractivity contribution in [2.24, 2.45) is 0 Å². The van der Waals surface area contributed by atoms with E-state index in [1.807, 2.05) is 17.5 Å². The van der Waals surface area contributed by atoms with Gasteiger partial charge in [-0.3, -0.25) is 14.5 Å². The highest BCUT2D eigenvalue weighted by Crippen LogP contribution is 2.34. The molecule has 3 N–H and O–H groups in total. The third-order valence-corrected chi connectivity index (χ3v) is 6.14. The van der Waals surface area contributed by atoms with Gasteiger partial charge in [0.25, 0.3) is 5.91 Å². The van der Waals surface area contributed by atoms with Gasteiger partial charge in [-0.2, -0.15) is 0 Å². The number of nitrogens with one attached hydrogen (secondary N) is 1. The van der Waals surface area contributed by atoms with Crippen LogP contribution in [0.2, 0.25) is 0 Å². The quantitative estimate of drug-likeness (QED) is 0.398. The average molecular weight is 505 g/mol. The molecule has 182 valence electrons. The normalized spacial score (nSPS) is 12.1. The Balaban J connectivity index is 1.37. The highest BCUT2D eigenvalue weighted by atomic mass is 32.1. The van der Waals surface area contributed by atoms with Crippen molar-refractivity contribution in [3.05, 3.63) is 83.5 Å². The van der Waals surface area contributed by atoms with Crippen LogP contribution < -0.4 is 25.4 Å². The molecule has 10 heteroatoms. The van der Waals surface area contributed by atoms with Gasteiger partial charge in [-0.1, -0.05) is 12.1 Å². The van der Waals surface area contributed by atoms with Crippen molar-refractivity contribution in [3.8, 4) is 22.8 Å². The Bertz CT molecular complexity index is 1410. The van der Waals surface area contributed by atoms with Gasteiger partial charge < -0.3 is 20.5 Å². The van der Waals surface area contributed by atoms with Crippen LogP contribution in [0.1, 0.15) is 10.4 Å². The van der Waals surface area contributed by atoms with Crippen LogP contribution in [-0.4, -0.2) is 36.6 Å². The van der Waals surface area contributed by atoms with Gasteiger partial charge >= 0.3 is 0 Å². The van der Waals surface area contributed by atoms with Gasteiger partial charge in [-0.15, -0.1) is 11.3 Å². The second kappa shape index (κ2) is 10.0. The molecule has 0 aliphatic carbocycles. The molecule has 2 amide bonds. The van der Waals surface area contributed by atoms with E-state index in [-0.39, 0.29) is 12.1 Å². The number of nitrogen functional groups attached to an aromatic ring is 1. The number of hydrogen-bond donors (Lipinski definition) is 2. The Morgan fingerprint density at radius 1 is 1.00 bits per heavy atom. The van der Waals surface area contributed by atoms with Crippen LogP contribution >= 0.6 is 11.3 Å². The number of rotatable bonds is 6. The van der Waals surface area contributed by atoms with Crippen LogP contribution in [-0.2, 0) is 4.79 Å². The summed E-state index contributed by atoms with van der Waals surface area (Å²) < 4.78 is 24.6. The van der Waals surface area contributed by atoms with Crippen LogP contribution in [0.15, 0.2) is 72.1 Å². The van der Waals surface area contributed by atoms with E-state index in [2.05, 4.69) is 10.3 Å². The number of carbonyl (C=O) groups excluding carboxylic acids is 2. The summed E-state index contributed by atoms with van der Waals surface area (Å²) >= 11 is 1.35. The molecular weight excluding hydrogens is 483 g/mol. The monoisotopic (exact) mass is 504 g/mol. The number of amides is 2. The molecule has 1 aromatic heterocycles. The predicted octanol–water partition coefficient (Wildman–Crippen LogP) is 4.59. The van der Waals surface area contributed by atoms with Gasteiger partial charge in [0.2, 0.25) is 5.91 Å². The Kier molecular flexibility index (Phi) is 6.50. The highest BCUT2D eigenvalue weighted by molar-refractivity contribution is 7.13. The first-order valence-electron chi connectivity index (χ1n) is 11.0. The number of halogens is 1. The Morgan fingerprint density at radius 3 is 2.42 bits per heavy atom. The van der Waals surface area contributed by atoms with E-state index in [1.54, 1.807) is 30.3 Å². The summed E-state index contributed by atoms with van der Waals surface area (Å²) in [5, 5.41) is 5.15. The van der Waals surface area contributed by atoms with Gasteiger partial charge in [0.05, 0.1) is 5.69 Å². The first-order valence-corrected chi connectivity index (χ1v) is 11.9. The number of carbonyl (C=O) groups is 2. The molecule has 0 saturated carbocycles. The summed E-state index contributed by atoms with van der Waals surface area (Å²) in [6, 6.07) is 17.3. The Labute approximate surface area is 210 Å². The molecule has 2 heterocycles. The molecule has 1 aliphatic rings. The molecule has 0 unspecified atom stereocenters. The summed E-state index contributed by atoms with van der Waals surface area (Å²) in [5.74, 6) is -0.289. The minimum absolute atomic E-state index is 0.242. The number of ether oxygens (including phenoxy) is 2. The molecule has 5 rings (SSSR count). The molecular formula is C26H21FN4O4S. The molecule has 1 aliphatic heterocycles. The number of nitrogens with zero attached hydrogens (tertiary/aromatic N) is 2. The van der Waals surface area contributed by atoms with Crippen molar-refractivity contribution < 1.29 is 23.5 Å². The lowest BCUT2D eigenvalue weighted by atomic mass is 10.1. The lowest BCUT2D eigenvalue weighted by Crippen LogP contribution is -2.38. The van der Waals surface area contributed by atoms with Crippen LogP contribution in [0.4, 0.5) is 20.9 Å².